The number of aromatic nitrogens is 2. The molecule has 2 heterocycles. The van der Waals surface area contributed by atoms with Crippen LogP contribution in [0.1, 0.15) is 38.4 Å². The SMILES string of the molecule is CC(C)c1nc(CN2CC(C(C)C(=O)O)C2)no1. The predicted octanol–water partition coefficient (Wildman–Crippen LogP) is 1.35. The van der Waals surface area contributed by atoms with Crippen LogP contribution in [0.5, 0.6) is 0 Å². The summed E-state index contributed by atoms with van der Waals surface area (Å²) in [4.78, 5) is 17.3. The van der Waals surface area contributed by atoms with Crippen molar-refractivity contribution in [1.82, 2.24) is 15.0 Å². The standard InChI is InChI=1S/C12H19N3O3/c1-7(2)11-13-10(14-18-11)6-15-4-9(5-15)8(3)12(16)17/h7-9H,4-6H2,1-3H3,(H,16,17). The first-order valence-corrected chi connectivity index (χ1v) is 6.25. The molecule has 1 N–H and O–H groups in total. The predicted molar refractivity (Wildman–Crippen MR) is 64.0 cm³/mol. The van der Waals surface area contributed by atoms with Crippen LogP contribution in [0.25, 0.3) is 0 Å². The summed E-state index contributed by atoms with van der Waals surface area (Å²) in [5.41, 5.74) is 0. The van der Waals surface area contributed by atoms with Gasteiger partial charge in [-0.2, -0.15) is 4.98 Å². The van der Waals surface area contributed by atoms with Gasteiger partial charge < -0.3 is 9.63 Å². The average Bonchev–Trinajstić information content (AvgIpc) is 2.70. The first-order chi connectivity index (χ1) is 8.47. The highest BCUT2D eigenvalue weighted by Crippen LogP contribution is 2.25. The van der Waals surface area contributed by atoms with E-state index in [4.69, 9.17) is 9.63 Å². The lowest BCUT2D eigenvalue weighted by atomic mass is 9.87. The van der Waals surface area contributed by atoms with Gasteiger partial charge in [-0.25, -0.2) is 0 Å². The molecule has 2 rings (SSSR count). The largest absolute Gasteiger partial charge is 0.481 e. The Bertz CT molecular complexity index is 424. The minimum atomic E-state index is -0.721. The molecule has 6 nitrogen and oxygen atoms in total. The van der Waals surface area contributed by atoms with E-state index >= 15 is 0 Å². The second-order valence-electron chi connectivity index (χ2n) is 5.28. The van der Waals surface area contributed by atoms with E-state index in [2.05, 4.69) is 15.0 Å². The highest BCUT2D eigenvalue weighted by atomic mass is 16.5. The lowest BCUT2D eigenvalue weighted by Crippen LogP contribution is -2.50. The smallest absolute Gasteiger partial charge is 0.306 e. The van der Waals surface area contributed by atoms with E-state index in [-0.39, 0.29) is 17.8 Å². The van der Waals surface area contributed by atoms with Crippen molar-refractivity contribution in [2.75, 3.05) is 13.1 Å². The number of carboxylic acids is 1. The first kappa shape index (κ1) is 13.0. The van der Waals surface area contributed by atoms with Gasteiger partial charge in [0.05, 0.1) is 12.5 Å². The molecule has 0 bridgehead atoms. The van der Waals surface area contributed by atoms with Crippen LogP contribution >= 0.6 is 0 Å². The molecule has 1 aromatic rings. The summed E-state index contributed by atoms with van der Waals surface area (Å²) >= 11 is 0. The highest BCUT2D eigenvalue weighted by Gasteiger charge is 2.35. The molecule has 0 aromatic carbocycles. The topological polar surface area (TPSA) is 79.5 Å². The highest BCUT2D eigenvalue weighted by molar-refractivity contribution is 5.70. The van der Waals surface area contributed by atoms with E-state index < -0.39 is 5.97 Å². The monoisotopic (exact) mass is 253 g/mol. The van der Waals surface area contributed by atoms with Gasteiger partial charge in [0.15, 0.2) is 5.82 Å². The summed E-state index contributed by atoms with van der Waals surface area (Å²) in [6.07, 6.45) is 0. The summed E-state index contributed by atoms with van der Waals surface area (Å²) in [7, 11) is 0. The van der Waals surface area contributed by atoms with Gasteiger partial charge in [0.2, 0.25) is 5.89 Å². The third-order valence-electron chi connectivity index (χ3n) is 3.42. The van der Waals surface area contributed by atoms with Crippen LogP contribution in [0, 0.1) is 11.8 Å². The molecule has 0 radical (unpaired) electrons. The van der Waals surface area contributed by atoms with Gasteiger partial charge in [-0.05, 0) is 5.92 Å². The van der Waals surface area contributed by atoms with Crippen LogP contribution in [-0.2, 0) is 11.3 Å². The van der Waals surface area contributed by atoms with Gasteiger partial charge in [0, 0.05) is 19.0 Å². The number of rotatable bonds is 5. The molecule has 100 valence electrons. The molecular weight excluding hydrogens is 234 g/mol. The Morgan fingerprint density at radius 1 is 1.50 bits per heavy atom. The van der Waals surface area contributed by atoms with Gasteiger partial charge in [-0.1, -0.05) is 25.9 Å². The molecule has 0 spiro atoms. The number of hydrogen-bond acceptors (Lipinski definition) is 5. The van der Waals surface area contributed by atoms with Crippen LogP contribution in [-0.4, -0.2) is 39.2 Å². The maximum atomic E-state index is 10.8. The summed E-state index contributed by atoms with van der Waals surface area (Å²) in [5, 5.41) is 12.8. The fourth-order valence-electron chi connectivity index (χ4n) is 2.02. The van der Waals surface area contributed by atoms with Gasteiger partial charge in [0.1, 0.15) is 0 Å². The lowest BCUT2D eigenvalue weighted by molar-refractivity contribution is -0.145. The van der Waals surface area contributed by atoms with Crippen LogP contribution in [0.2, 0.25) is 0 Å². The van der Waals surface area contributed by atoms with Crippen molar-refractivity contribution in [2.24, 2.45) is 11.8 Å². The van der Waals surface area contributed by atoms with Crippen LogP contribution in [0.3, 0.4) is 0 Å². The Labute approximate surface area is 106 Å². The zero-order chi connectivity index (χ0) is 13.3. The molecule has 0 aliphatic carbocycles. The van der Waals surface area contributed by atoms with Gasteiger partial charge in [-0.15, -0.1) is 0 Å². The fraction of sp³-hybridized carbons (Fsp3) is 0.750. The van der Waals surface area contributed by atoms with E-state index in [1.807, 2.05) is 13.8 Å². The molecule has 6 heteroatoms. The van der Waals surface area contributed by atoms with Crippen molar-refractivity contribution in [3.8, 4) is 0 Å². The molecule has 0 amide bonds. The number of likely N-dealkylation sites (tertiary alicyclic amines) is 1. The van der Waals surface area contributed by atoms with Crippen LogP contribution in [0.15, 0.2) is 4.52 Å². The van der Waals surface area contributed by atoms with Crippen LogP contribution in [0.4, 0.5) is 0 Å². The quantitative estimate of drug-likeness (QED) is 0.853. The lowest BCUT2D eigenvalue weighted by Gasteiger charge is -2.40. The normalized spacial score (nSPS) is 18.9. The summed E-state index contributed by atoms with van der Waals surface area (Å²) < 4.78 is 5.13. The minimum Gasteiger partial charge on any atom is -0.481 e. The second kappa shape index (κ2) is 5.06. The summed E-state index contributed by atoms with van der Waals surface area (Å²) in [6, 6.07) is 0. The number of nitrogens with zero attached hydrogens (tertiary/aromatic N) is 3. The Hall–Kier alpha value is -1.43. The van der Waals surface area contributed by atoms with Crippen molar-refractivity contribution in [2.45, 2.75) is 33.2 Å². The summed E-state index contributed by atoms with van der Waals surface area (Å²) in [6.45, 7) is 7.99. The molecule has 18 heavy (non-hydrogen) atoms. The molecule has 0 saturated carbocycles. The molecular formula is C12H19N3O3. The molecule has 1 aliphatic rings. The molecule has 1 aliphatic heterocycles. The third kappa shape index (κ3) is 2.69. The summed E-state index contributed by atoms with van der Waals surface area (Å²) in [5.74, 6) is 0.807. The van der Waals surface area contributed by atoms with E-state index in [1.165, 1.54) is 0 Å². The number of hydrogen-bond donors (Lipinski definition) is 1. The van der Waals surface area contributed by atoms with Gasteiger partial charge in [-0.3, -0.25) is 9.69 Å². The van der Waals surface area contributed by atoms with E-state index in [0.29, 0.717) is 18.3 Å². The Morgan fingerprint density at radius 2 is 2.17 bits per heavy atom. The number of aliphatic carboxylic acids is 1. The van der Waals surface area contributed by atoms with E-state index in [1.54, 1.807) is 6.92 Å². The van der Waals surface area contributed by atoms with Crippen molar-refractivity contribution in [3.63, 3.8) is 0 Å². The molecule has 1 fully saturated rings. The van der Waals surface area contributed by atoms with Crippen molar-refractivity contribution < 1.29 is 14.4 Å². The Balaban J connectivity index is 1.81. The van der Waals surface area contributed by atoms with Crippen molar-refractivity contribution in [3.05, 3.63) is 11.7 Å². The van der Waals surface area contributed by atoms with Crippen LogP contribution < -0.4 is 0 Å². The van der Waals surface area contributed by atoms with Crippen molar-refractivity contribution in [1.29, 1.82) is 0 Å². The van der Waals surface area contributed by atoms with E-state index in [0.717, 1.165) is 13.1 Å². The van der Waals surface area contributed by atoms with Gasteiger partial charge >= 0.3 is 5.97 Å². The van der Waals surface area contributed by atoms with E-state index in [9.17, 15) is 4.79 Å². The Kier molecular flexibility index (Phi) is 3.65. The third-order valence-corrected chi connectivity index (χ3v) is 3.42. The maximum absolute atomic E-state index is 10.8. The fourth-order valence-corrected chi connectivity index (χ4v) is 2.02. The molecule has 1 saturated heterocycles. The molecule has 1 unspecified atom stereocenters. The molecule has 1 aromatic heterocycles. The number of carbonyl (C=O) groups is 1. The zero-order valence-corrected chi connectivity index (χ0v) is 11.0. The Morgan fingerprint density at radius 3 is 2.67 bits per heavy atom. The van der Waals surface area contributed by atoms with Crippen molar-refractivity contribution >= 4 is 5.97 Å². The first-order valence-electron chi connectivity index (χ1n) is 6.25. The number of carboxylic acid groups (broad SMARTS) is 1. The minimum absolute atomic E-state index is 0.235. The van der Waals surface area contributed by atoms with Gasteiger partial charge in [0.25, 0.3) is 0 Å². The second-order valence-corrected chi connectivity index (χ2v) is 5.28. The average molecular weight is 253 g/mol. The zero-order valence-electron chi connectivity index (χ0n) is 11.0. The maximum Gasteiger partial charge on any atom is 0.306 e. The molecule has 1 atom stereocenters.